The molecule has 0 saturated carbocycles. The van der Waals surface area contributed by atoms with Crippen molar-refractivity contribution in [3.05, 3.63) is 107 Å². The minimum absolute atomic E-state index is 0.199. The van der Waals surface area contributed by atoms with E-state index in [2.05, 4.69) is 27.8 Å². The van der Waals surface area contributed by atoms with E-state index < -0.39 is 6.04 Å². The van der Waals surface area contributed by atoms with Crippen molar-refractivity contribution in [1.29, 1.82) is 0 Å². The molecule has 0 radical (unpaired) electrons. The molecule has 3 heterocycles. The number of aryl methyl sites for hydroxylation is 1. The van der Waals surface area contributed by atoms with E-state index in [1.54, 1.807) is 22.6 Å². The number of rotatable bonds is 6. The molecule has 0 spiro atoms. The number of fused-ring (bicyclic) bond motifs is 1. The summed E-state index contributed by atoms with van der Waals surface area (Å²) in [5, 5.41) is 11.7. The number of thioether (sulfide) groups is 1. The number of carbonyl (C=O) groups is 1. The zero-order valence-electron chi connectivity index (χ0n) is 18.9. The Morgan fingerprint density at radius 1 is 1.03 bits per heavy atom. The summed E-state index contributed by atoms with van der Waals surface area (Å²) in [6.07, 6.45) is 1.73. The van der Waals surface area contributed by atoms with Gasteiger partial charge in [-0.1, -0.05) is 66.4 Å². The maximum atomic E-state index is 13.5. The fraction of sp³-hybridized carbons (Fsp3) is 0.154. The van der Waals surface area contributed by atoms with E-state index >= 15 is 0 Å². The average Bonchev–Trinajstić information content (AvgIpc) is 3.26. The third kappa shape index (κ3) is 4.45. The van der Waals surface area contributed by atoms with Crippen LogP contribution in [0, 0.1) is 6.92 Å². The van der Waals surface area contributed by atoms with Crippen LogP contribution in [0.25, 0.3) is 0 Å². The number of carbonyl (C=O) groups excluding carboxylic acids is 1. The van der Waals surface area contributed by atoms with Gasteiger partial charge in [-0.3, -0.25) is 9.78 Å². The van der Waals surface area contributed by atoms with Crippen LogP contribution < -0.4 is 10.6 Å². The predicted molar refractivity (Wildman–Crippen MR) is 135 cm³/mol. The summed E-state index contributed by atoms with van der Waals surface area (Å²) in [7, 11) is 0. The second-order valence-electron chi connectivity index (χ2n) is 8.03. The molecule has 0 bridgehead atoms. The van der Waals surface area contributed by atoms with Gasteiger partial charge in [0.2, 0.25) is 11.1 Å². The first-order chi connectivity index (χ1) is 16.6. The number of anilines is 2. The molecule has 1 aliphatic rings. The molecule has 8 heteroatoms. The minimum atomic E-state index is -0.500. The van der Waals surface area contributed by atoms with Crippen molar-refractivity contribution in [2.24, 2.45) is 0 Å². The Hall–Kier alpha value is -3.91. The number of allylic oxidation sites excluding steroid dienone is 1. The first kappa shape index (κ1) is 21.9. The quantitative estimate of drug-likeness (QED) is 0.378. The number of hydrogen-bond acceptors (Lipinski definition) is 6. The van der Waals surface area contributed by atoms with Gasteiger partial charge in [0.1, 0.15) is 6.04 Å². The van der Waals surface area contributed by atoms with Crippen molar-refractivity contribution >= 4 is 29.3 Å². The normalized spacial score (nSPS) is 14.9. The molecule has 1 unspecified atom stereocenters. The van der Waals surface area contributed by atoms with E-state index in [0.717, 1.165) is 28.4 Å². The third-order valence-corrected chi connectivity index (χ3v) is 6.56. The van der Waals surface area contributed by atoms with Gasteiger partial charge in [-0.25, -0.2) is 4.68 Å². The largest absolute Gasteiger partial charge is 0.328 e. The smallest absolute Gasteiger partial charge is 0.255 e. The first-order valence-electron chi connectivity index (χ1n) is 11.0. The lowest BCUT2D eigenvalue weighted by molar-refractivity contribution is -0.113. The highest BCUT2D eigenvalue weighted by Crippen LogP contribution is 2.36. The number of para-hydroxylation sites is 1. The van der Waals surface area contributed by atoms with Crippen molar-refractivity contribution in [2.45, 2.75) is 30.8 Å². The van der Waals surface area contributed by atoms with E-state index in [1.165, 1.54) is 5.56 Å². The van der Waals surface area contributed by atoms with Crippen LogP contribution in [0.1, 0.15) is 29.8 Å². The van der Waals surface area contributed by atoms with Gasteiger partial charge in [0, 0.05) is 23.3 Å². The van der Waals surface area contributed by atoms with Crippen molar-refractivity contribution < 1.29 is 4.79 Å². The number of nitrogens with zero attached hydrogens (tertiary/aromatic N) is 4. The first-order valence-corrected chi connectivity index (χ1v) is 12.0. The van der Waals surface area contributed by atoms with E-state index in [9.17, 15) is 4.79 Å². The van der Waals surface area contributed by atoms with Gasteiger partial charge in [-0.05, 0) is 43.2 Å². The lowest BCUT2D eigenvalue weighted by Crippen LogP contribution is -2.32. The maximum absolute atomic E-state index is 13.5. The molecule has 1 amide bonds. The van der Waals surface area contributed by atoms with Gasteiger partial charge in [-0.2, -0.15) is 4.98 Å². The number of nitrogens with one attached hydrogen (secondary N) is 2. The minimum Gasteiger partial charge on any atom is -0.328 e. The van der Waals surface area contributed by atoms with Crippen molar-refractivity contribution in [1.82, 2.24) is 19.7 Å². The Balaban J connectivity index is 1.49. The summed E-state index contributed by atoms with van der Waals surface area (Å²) in [5.74, 6) is 1.15. The summed E-state index contributed by atoms with van der Waals surface area (Å²) >= 11 is 1.56. The monoisotopic (exact) mass is 468 g/mol. The number of pyridine rings is 1. The van der Waals surface area contributed by atoms with Crippen LogP contribution in [0.15, 0.2) is 95.4 Å². The molecular weight excluding hydrogens is 444 g/mol. The van der Waals surface area contributed by atoms with E-state index in [4.69, 9.17) is 10.1 Å². The van der Waals surface area contributed by atoms with Crippen LogP contribution in [-0.2, 0) is 10.5 Å². The Morgan fingerprint density at radius 2 is 1.79 bits per heavy atom. The molecule has 0 aliphatic carbocycles. The lowest BCUT2D eigenvalue weighted by atomic mass is 9.98. The number of hydrogen-bond donors (Lipinski definition) is 2. The van der Waals surface area contributed by atoms with Gasteiger partial charge < -0.3 is 10.6 Å². The molecule has 170 valence electrons. The molecule has 1 aliphatic heterocycles. The zero-order valence-corrected chi connectivity index (χ0v) is 19.7. The Kier molecular flexibility index (Phi) is 6.14. The van der Waals surface area contributed by atoms with E-state index in [0.29, 0.717) is 16.7 Å². The summed E-state index contributed by atoms with van der Waals surface area (Å²) < 4.78 is 1.76. The Labute approximate surface area is 202 Å². The van der Waals surface area contributed by atoms with Crippen LogP contribution in [0.2, 0.25) is 0 Å². The van der Waals surface area contributed by atoms with Crippen molar-refractivity contribution in [3.63, 3.8) is 0 Å². The van der Waals surface area contributed by atoms with Gasteiger partial charge in [0.05, 0.1) is 11.3 Å². The van der Waals surface area contributed by atoms with Crippen LogP contribution in [0.4, 0.5) is 11.6 Å². The average molecular weight is 469 g/mol. The lowest BCUT2D eigenvalue weighted by Gasteiger charge is -2.28. The SMILES string of the molecule is CC1=C(C(=O)Nc2ccccc2C)C(c2ccccn2)n2nc(SCc3ccccc3)nc2N1. The number of aromatic nitrogens is 4. The van der Waals surface area contributed by atoms with E-state index in [-0.39, 0.29) is 5.91 Å². The standard InChI is InChI=1S/C26H24N6OS/c1-17-10-6-7-13-20(17)29-24(33)22-18(2)28-25-30-26(34-16-19-11-4-3-5-12-19)31-32(25)23(22)21-14-8-9-15-27-21/h3-15,23H,16H2,1-2H3,(H,29,33)(H,28,30,31). The Bertz CT molecular complexity index is 1350. The van der Waals surface area contributed by atoms with Gasteiger partial charge in [0.25, 0.3) is 5.91 Å². The molecule has 0 fully saturated rings. The molecule has 4 aromatic rings. The molecule has 2 aromatic heterocycles. The highest BCUT2D eigenvalue weighted by atomic mass is 32.2. The van der Waals surface area contributed by atoms with Gasteiger partial charge in [0.15, 0.2) is 0 Å². The van der Waals surface area contributed by atoms with Crippen LogP contribution in [0.5, 0.6) is 0 Å². The molecule has 0 saturated heterocycles. The predicted octanol–water partition coefficient (Wildman–Crippen LogP) is 5.20. The molecule has 34 heavy (non-hydrogen) atoms. The molecule has 1 atom stereocenters. The van der Waals surface area contributed by atoms with Crippen molar-refractivity contribution in [3.8, 4) is 0 Å². The van der Waals surface area contributed by atoms with Gasteiger partial charge in [-0.15, -0.1) is 5.10 Å². The van der Waals surface area contributed by atoms with E-state index in [1.807, 2.05) is 74.5 Å². The molecule has 2 N–H and O–H groups in total. The Morgan fingerprint density at radius 3 is 2.56 bits per heavy atom. The van der Waals surface area contributed by atoms with Crippen LogP contribution in [0.3, 0.4) is 0 Å². The highest BCUT2D eigenvalue weighted by molar-refractivity contribution is 7.98. The second-order valence-corrected chi connectivity index (χ2v) is 8.97. The molecule has 2 aromatic carbocycles. The fourth-order valence-corrected chi connectivity index (χ4v) is 4.71. The third-order valence-electron chi connectivity index (χ3n) is 5.65. The topological polar surface area (TPSA) is 84.7 Å². The van der Waals surface area contributed by atoms with Crippen molar-refractivity contribution in [2.75, 3.05) is 10.6 Å². The summed E-state index contributed by atoms with van der Waals surface area (Å²) in [6, 6.07) is 23.1. The van der Waals surface area contributed by atoms with Gasteiger partial charge >= 0.3 is 0 Å². The maximum Gasteiger partial charge on any atom is 0.255 e. The second kappa shape index (κ2) is 9.52. The highest BCUT2D eigenvalue weighted by Gasteiger charge is 2.35. The molecule has 7 nitrogen and oxygen atoms in total. The summed E-state index contributed by atoms with van der Waals surface area (Å²) in [4.78, 5) is 22.8. The summed E-state index contributed by atoms with van der Waals surface area (Å²) in [6.45, 7) is 3.86. The molecule has 5 rings (SSSR count). The summed E-state index contributed by atoms with van der Waals surface area (Å²) in [5.41, 5.74) is 4.97. The fourth-order valence-electron chi connectivity index (χ4n) is 3.92. The number of amides is 1. The molecular formula is C26H24N6OS. The zero-order chi connectivity index (χ0) is 23.5. The number of benzene rings is 2. The van der Waals surface area contributed by atoms with Crippen LogP contribution in [-0.4, -0.2) is 25.7 Å². The van der Waals surface area contributed by atoms with Crippen LogP contribution >= 0.6 is 11.8 Å².